The van der Waals surface area contributed by atoms with Gasteiger partial charge in [-0.1, -0.05) is 20.8 Å². The minimum Gasteiger partial charge on any atom is -0.309 e. The molecule has 82 valence electrons. The van der Waals surface area contributed by atoms with E-state index < -0.39 is 11.4 Å². The average Bonchev–Trinajstić information content (AvgIpc) is 2.09. The quantitative estimate of drug-likeness (QED) is 0.800. The van der Waals surface area contributed by atoms with Crippen molar-refractivity contribution >= 4 is 27.7 Å². The number of anilines is 1. The first-order valence-electron chi connectivity index (χ1n) is 4.44. The topological polar surface area (TPSA) is 42.0 Å². The van der Waals surface area contributed by atoms with Crippen LogP contribution in [0.1, 0.15) is 20.8 Å². The Labute approximate surface area is 96.2 Å². The first-order valence-corrected chi connectivity index (χ1v) is 5.23. The number of hydrogen-bond acceptors (Lipinski definition) is 2. The molecule has 0 fully saturated rings. The second kappa shape index (κ2) is 4.26. The van der Waals surface area contributed by atoms with Gasteiger partial charge in [0, 0.05) is 5.41 Å². The van der Waals surface area contributed by atoms with E-state index in [0.29, 0.717) is 4.47 Å². The van der Waals surface area contributed by atoms with E-state index in [1.807, 2.05) is 0 Å². The van der Waals surface area contributed by atoms with Gasteiger partial charge in [-0.15, -0.1) is 0 Å². The van der Waals surface area contributed by atoms with Crippen molar-refractivity contribution in [3.05, 3.63) is 22.6 Å². The van der Waals surface area contributed by atoms with Gasteiger partial charge in [-0.05, 0) is 28.1 Å². The normalized spacial score (nSPS) is 11.3. The monoisotopic (exact) mass is 274 g/mol. The predicted molar refractivity (Wildman–Crippen MR) is 60.0 cm³/mol. The molecule has 0 aromatic carbocycles. The van der Waals surface area contributed by atoms with Crippen molar-refractivity contribution in [2.45, 2.75) is 20.8 Å². The molecule has 0 aliphatic carbocycles. The molecule has 3 nitrogen and oxygen atoms in total. The maximum absolute atomic E-state index is 12.8. The van der Waals surface area contributed by atoms with E-state index in [1.165, 1.54) is 12.1 Å². The fraction of sp³-hybridized carbons (Fsp3) is 0.400. The van der Waals surface area contributed by atoms with Crippen LogP contribution in [0.15, 0.2) is 16.6 Å². The Balaban J connectivity index is 2.90. The molecule has 0 aliphatic heterocycles. The Morgan fingerprint density at radius 1 is 1.47 bits per heavy atom. The molecule has 15 heavy (non-hydrogen) atoms. The van der Waals surface area contributed by atoms with Crippen molar-refractivity contribution in [2.24, 2.45) is 5.41 Å². The third kappa shape index (κ3) is 3.27. The van der Waals surface area contributed by atoms with E-state index >= 15 is 0 Å². The fourth-order valence-corrected chi connectivity index (χ4v) is 1.12. The lowest BCUT2D eigenvalue weighted by atomic mass is 9.96. The lowest BCUT2D eigenvalue weighted by Gasteiger charge is -2.17. The number of nitrogens with one attached hydrogen (secondary N) is 1. The molecule has 1 heterocycles. The Kier molecular flexibility index (Phi) is 3.44. The second-order valence-corrected chi connectivity index (χ2v) is 5.02. The van der Waals surface area contributed by atoms with Crippen molar-refractivity contribution < 1.29 is 9.18 Å². The van der Waals surface area contributed by atoms with E-state index in [1.54, 1.807) is 20.8 Å². The van der Waals surface area contributed by atoms with Gasteiger partial charge in [0.15, 0.2) is 0 Å². The lowest BCUT2D eigenvalue weighted by Crippen LogP contribution is -2.28. The van der Waals surface area contributed by atoms with Gasteiger partial charge in [0.05, 0.1) is 4.47 Å². The summed E-state index contributed by atoms with van der Waals surface area (Å²) in [5.41, 5.74) is -0.534. The molecule has 0 radical (unpaired) electrons. The summed E-state index contributed by atoms with van der Waals surface area (Å²) in [6.07, 6.45) is 0. The standard InChI is InChI=1S/C10H12BrFN2O/c1-10(2,3)9(15)14-8-6(11)4-5-7(12)13-8/h4-5H,1-3H3,(H,13,14,15). The minimum absolute atomic E-state index is 0.204. The van der Waals surface area contributed by atoms with Crippen LogP contribution in [0.5, 0.6) is 0 Å². The third-order valence-corrected chi connectivity index (χ3v) is 2.37. The van der Waals surface area contributed by atoms with E-state index in [2.05, 4.69) is 26.2 Å². The summed E-state index contributed by atoms with van der Waals surface area (Å²) in [7, 11) is 0. The van der Waals surface area contributed by atoms with Crippen LogP contribution in [0.2, 0.25) is 0 Å². The molecule has 0 saturated heterocycles. The van der Waals surface area contributed by atoms with Gasteiger partial charge in [-0.3, -0.25) is 4.79 Å². The number of halogens is 2. The Bertz CT molecular complexity index is 387. The molecule has 1 N–H and O–H groups in total. The number of nitrogens with zero attached hydrogens (tertiary/aromatic N) is 1. The van der Waals surface area contributed by atoms with Gasteiger partial charge in [0.2, 0.25) is 11.9 Å². The summed E-state index contributed by atoms with van der Waals surface area (Å²) in [5, 5.41) is 2.55. The van der Waals surface area contributed by atoms with Crippen molar-refractivity contribution in [3.8, 4) is 0 Å². The molecule has 0 spiro atoms. The summed E-state index contributed by atoms with van der Waals surface area (Å²) >= 11 is 3.18. The van der Waals surface area contributed by atoms with Crippen LogP contribution in [0, 0.1) is 11.4 Å². The minimum atomic E-state index is -0.623. The molecule has 0 aliphatic rings. The molecule has 0 unspecified atom stereocenters. The van der Waals surface area contributed by atoms with E-state index in [-0.39, 0.29) is 11.7 Å². The number of rotatable bonds is 1. The largest absolute Gasteiger partial charge is 0.309 e. The zero-order valence-electron chi connectivity index (χ0n) is 8.77. The van der Waals surface area contributed by atoms with E-state index in [4.69, 9.17) is 0 Å². The maximum atomic E-state index is 12.8. The first kappa shape index (κ1) is 12.1. The van der Waals surface area contributed by atoms with Gasteiger partial charge in [0.1, 0.15) is 5.82 Å². The molecule has 1 amide bonds. The van der Waals surface area contributed by atoms with Gasteiger partial charge < -0.3 is 5.32 Å². The highest BCUT2D eigenvalue weighted by molar-refractivity contribution is 9.10. The zero-order chi connectivity index (χ0) is 11.6. The molecule has 0 atom stereocenters. The van der Waals surface area contributed by atoms with Crippen LogP contribution >= 0.6 is 15.9 Å². The van der Waals surface area contributed by atoms with Crippen LogP contribution in [0.3, 0.4) is 0 Å². The highest BCUT2D eigenvalue weighted by Gasteiger charge is 2.22. The number of amides is 1. The SMILES string of the molecule is CC(C)(C)C(=O)Nc1nc(F)ccc1Br. The molecule has 0 saturated carbocycles. The van der Waals surface area contributed by atoms with Crippen LogP contribution in [-0.4, -0.2) is 10.9 Å². The van der Waals surface area contributed by atoms with E-state index in [9.17, 15) is 9.18 Å². The molecular weight excluding hydrogens is 263 g/mol. The molecule has 1 rings (SSSR count). The maximum Gasteiger partial charge on any atom is 0.230 e. The summed E-state index contributed by atoms with van der Waals surface area (Å²) in [5.74, 6) is -0.626. The molecule has 1 aromatic heterocycles. The predicted octanol–water partition coefficient (Wildman–Crippen LogP) is 2.97. The third-order valence-electron chi connectivity index (χ3n) is 1.73. The Hall–Kier alpha value is -0.970. The van der Waals surface area contributed by atoms with Crippen molar-refractivity contribution in [1.82, 2.24) is 4.98 Å². The van der Waals surface area contributed by atoms with Crippen LogP contribution in [0.4, 0.5) is 10.2 Å². The van der Waals surface area contributed by atoms with Gasteiger partial charge in [0.25, 0.3) is 0 Å². The highest BCUT2D eigenvalue weighted by Crippen LogP contribution is 2.22. The molecule has 0 bridgehead atoms. The van der Waals surface area contributed by atoms with Gasteiger partial charge >= 0.3 is 0 Å². The van der Waals surface area contributed by atoms with Crippen LogP contribution in [0.25, 0.3) is 0 Å². The van der Waals surface area contributed by atoms with Crippen LogP contribution in [-0.2, 0) is 4.79 Å². The Morgan fingerprint density at radius 3 is 2.60 bits per heavy atom. The number of pyridine rings is 1. The summed E-state index contributed by atoms with van der Waals surface area (Å²) < 4.78 is 13.4. The Morgan fingerprint density at radius 2 is 2.07 bits per heavy atom. The van der Waals surface area contributed by atoms with Crippen LogP contribution < -0.4 is 5.32 Å². The smallest absolute Gasteiger partial charge is 0.230 e. The molecular formula is C10H12BrFN2O. The summed E-state index contributed by atoms with van der Waals surface area (Å²) in [4.78, 5) is 15.2. The number of aromatic nitrogens is 1. The lowest BCUT2D eigenvalue weighted by molar-refractivity contribution is -0.123. The van der Waals surface area contributed by atoms with Crippen molar-refractivity contribution in [3.63, 3.8) is 0 Å². The van der Waals surface area contributed by atoms with E-state index in [0.717, 1.165) is 0 Å². The fourth-order valence-electron chi connectivity index (χ4n) is 0.801. The molecule has 1 aromatic rings. The number of carbonyl (C=O) groups excluding carboxylic acids is 1. The first-order chi connectivity index (χ1) is 6.80. The van der Waals surface area contributed by atoms with Crippen molar-refractivity contribution in [1.29, 1.82) is 0 Å². The second-order valence-electron chi connectivity index (χ2n) is 4.17. The zero-order valence-corrected chi connectivity index (χ0v) is 10.4. The average molecular weight is 275 g/mol. The summed E-state index contributed by atoms with van der Waals surface area (Å²) in [6, 6.07) is 2.72. The number of carbonyl (C=O) groups is 1. The highest BCUT2D eigenvalue weighted by atomic mass is 79.9. The molecule has 5 heteroatoms. The summed E-state index contributed by atoms with van der Waals surface area (Å²) in [6.45, 7) is 5.32. The van der Waals surface area contributed by atoms with Gasteiger partial charge in [-0.25, -0.2) is 4.98 Å². The van der Waals surface area contributed by atoms with Crippen molar-refractivity contribution in [2.75, 3.05) is 5.32 Å². The number of hydrogen-bond donors (Lipinski definition) is 1. The van der Waals surface area contributed by atoms with Gasteiger partial charge in [-0.2, -0.15) is 4.39 Å².